The molecule has 0 saturated heterocycles. The SMILES string of the molecule is C=C(CCc1ccccc1Cl)OC. The summed E-state index contributed by atoms with van der Waals surface area (Å²) >= 11 is 5.98. The third-order valence-electron chi connectivity index (χ3n) is 1.92. The van der Waals surface area contributed by atoms with Gasteiger partial charge < -0.3 is 4.74 Å². The molecule has 0 N–H and O–H groups in total. The van der Waals surface area contributed by atoms with Gasteiger partial charge in [-0.2, -0.15) is 0 Å². The number of benzene rings is 1. The van der Waals surface area contributed by atoms with Crippen molar-refractivity contribution in [3.8, 4) is 0 Å². The topological polar surface area (TPSA) is 9.23 Å². The average molecular weight is 197 g/mol. The Balaban J connectivity index is 2.54. The van der Waals surface area contributed by atoms with Gasteiger partial charge in [0.15, 0.2) is 0 Å². The molecule has 0 atom stereocenters. The Labute approximate surface area is 84.0 Å². The van der Waals surface area contributed by atoms with Crippen molar-refractivity contribution in [1.82, 2.24) is 0 Å². The molecule has 13 heavy (non-hydrogen) atoms. The van der Waals surface area contributed by atoms with E-state index in [-0.39, 0.29) is 0 Å². The van der Waals surface area contributed by atoms with E-state index in [0.29, 0.717) is 0 Å². The van der Waals surface area contributed by atoms with Crippen LogP contribution in [0.5, 0.6) is 0 Å². The largest absolute Gasteiger partial charge is 0.502 e. The molecule has 1 aromatic rings. The molecule has 1 nitrogen and oxygen atoms in total. The molecule has 70 valence electrons. The smallest absolute Gasteiger partial charge is 0.0887 e. The van der Waals surface area contributed by atoms with Crippen molar-refractivity contribution in [3.05, 3.63) is 47.2 Å². The van der Waals surface area contributed by atoms with Crippen LogP contribution in [0.1, 0.15) is 12.0 Å². The summed E-state index contributed by atoms with van der Waals surface area (Å²) in [5.74, 6) is 0.792. The lowest BCUT2D eigenvalue weighted by molar-refractivity contribution is 0.279. The number of rotatable bonds is 4. The molecule has 0 aliphatic rings. The monoisotopic (exact) mass is 196 g/mol. The van der Waals surface area contributed by atoms with Crippen LogP contribution in [0.25, 0.3) is 0 Å². The molecule has 0 bridgehead atoms. The molecule has 0 aliphatic heterocycles. The first-order chi connectivity index (χ1) is 6.24. The maximum Gasteiger partial charge on any atom is 0.0887 e. The van der Waals surface area contributed by atoms with Crippen molar-refractivity contribution in [2.45, 2.75) is 12.8 Å². The first-order valence-corrected chi connectivity index (χ1v) is 4.57. The maximum atomic E-state index is 5.98. The predicted molar refractivity (Wildman–Crippen MR) is 55.9 cm³/mol. The van der Waals surface area contributed by atoms with E-state index in [1.807, 2.05) is 24.3 Å². The van der Waals surface area contributed by atoms with Crippen LogP contribution in [0.2, 0.25) is 5.02 Å². The summed E-state index contributed by atoms with van der Waals surface area (Å²) in [4.78, 5) is 0. The van der Waals surface area contributed by atoms with Crippen LogP contribution in [0.4, 0.5) is 0 Å². The Morgan fingerprint density at radius 2 is 2.15 bits per heavy atom. The molecule has 1 aromatic carbocycles. The van der Waals surface area contributed by atoms with E-state index >= 15 is 0 Å². The van der Waals surface area contributed by atoms with Crippen molar-refractivity contribution >= 4 is 11.6 Å². The van der Waals surface area contributed by atoms with Crippen LogP contribution < -0.4 is 0 Å². The molecule has 2 heteroatoms. The van der Waals surface area contributed by atoms with Crippen LogP contribution in [-0.4, -0.2) is 7.11 Å². The molecule has 0 saturated carbocycles. The van der Waals surface area contributed by atoms with Gasteiger partial charge in [0.1, 0.15) is 0 Å². The lowest BCUT2D eigenvalue weighted by atomic mass is 10.1. The van der Waals surface area contributed by atoms with Gasteiger partial charge in [-0.15, -0.1) is 0 Å². The van der Waals surface area contributed by atoms with Crippen LogP contribution >= 0.6 is 11.6 Å². The summed E-state index contributed by atoms with van der Waals surface area (Å²) in [6, 6.07) is 7.82. The Morgan fingerprint density at radius 3 is 2.77 bits per heavy atom. The predicted octanol–water partition coefficient (Wildman–Crippen LogP) is 3.43. The number of methoxy groups -OCH3 is 1. The molecule has 0 unspecified atom stereocenters. The molecular formula is C11H13ClO. The Kier molecular flexibility index (Phi) is 3.84. The molecule has 0 fully saturated rings. The number of hydrogen-bond acceptors (Lipinski definition) is 1. The van der Waals surface area contributed by atoms with Gasteiger partial charge in [-0.25, -0.2) is 0 Å². The molecule has 0 aromatic heterocycles. The van der Waals surface area contributed by atoms with Crippen LogP contribution in [0.15, 0.2) is 36.6 Å². The number of aryl methyl sites for hydroxylation is 1. The summed E-state index contributed by atoms with van der Waals surface area (Å²) in [6.45, 7) is 3.75. The quantitative estimate of drug-likeness (QED) is 0.671. The van der Waals surface area contributed by atoms with Crippen LogP contribution in [-0.2, 0) is 11.2 Å². The summed E-state index contributed by atoms with van der Waals surface area (Å²) < 4.78 is 4.97. The van der Waals surface area contributed by atoms with Crippen molar-refractivity contribution in [1.29, 1.82) is 0 Å². The van der Waals surface area contributed by atoms with Crippen molar-refractivity contribution in [3.63, 3.8) is 0 Å². The van der Waals surface area contributed by atoms with Crippen molar-refractivity contribution < 1.29 is 4.74 Å². The van der Waals surface area contributed by atoms with E-state index in [1.165, 1.54) is 0 Å². The molecule has 0 amide bonds. The highest BCUT2D eigenvalue weighted by atomic mass is 35.5. The second kappa shape index (κ2) is 4.93. The molecule has 0 spiro atoms. The zero-order chi connectivity index (χ0) is 9.68. The van der Waals surface area contributed by atoms with Crippen molar-refractivity contribution in [2.24, 2.45) is 0 Å². The first kappa shape index (κ1) is 10.1. The highest BCUT2D eigenvalue weighted by Crippen LogP contribution is 2.17. The fourth-order valence-corrected chi connectivity index (χ4v) is 1.31. The third kappa shape index (κ3) is 3.11. The second-order valence-corrected chi connectivity index (χ2v) is 3.24. The number of halogens is 1. The minimum absolute atomic E-state index is 0.792. The standard InChI is InChI=1S/C11H13ClO/c1-9(13-2)7-8-10-5-3-4-6-11(10)12/h3-6H,1,7-8H2,2H3. The molecule has 0 aliphatic carbocycles. The Morgan fingerprint density at radius 1 is 1.46 bits per heavy atom. The maximum absolute atomic E-state index is 5.98. The number of ether oxygens (including phenoxy) is 1. The zero-order valence-electron chi connectivity index (χ0n) is 7.72. The molecule has 0 heterocycles. The minimum atomic E-state index is 0.792. The number of hydrogen-bond donors (Lipinski definition) is 0. The zero-order valence-corrected chi connectivity index (χ0v) is 8.47. The van der Waals surface area contributed by atoms with E-state index in [9.17, 15) is 0 Å². The lowest BCUT2D eigenvalue weighted by Gasteiger charge is -2.05. The highest BCUT2D eigenvalue weighted by molar-refractivity contribution is 6.31. The van der Waals surface area contributed by atoms with Crippen LogP contribution in [0, 0.1) is 0 Å². The highest BCUT2D eigenvalue weighted by Gasteiger charge is 1.99. The van der Waals surface area contributed by atoms with Crippen molar-refractivity contribution in [2.75, 3.05) is 7.11 Å². The molecule has 1 rings (SSSR count). The van der Waals surface area contributed by atoms with Gasteiger partial charge in [-0.05, 0) is 18.1 Å². The second-order valence-electron chi connectivity index (χ2n) is 2.83. The Hall–Kier alpha value is -0.950. The first-order valence-electron chi connectivity index (χ1n) is 4.19. The fourth-order valence-electron chi connectivity index (χ4n) is 1.08. The summed E-state index contributed by atoms with van der Waals surface area (Å²) in [7, 11) is 1.63. The van der Waals surface area contributed by atoms with Crippen LogP contribution in [0.3, 0.4) is 0 Å². The summed E-state index contributed by atoms with van der Waals surface area (Å²) in [5.41, 5.74) is 1.14. The van der Waals surface area contributed by atoms with E-state index in [2.05, 4.69) is 6.58 Å². The lowest BCUT2D eigenvalue weighted by Crippen LogP contribution is -1.90. The van der Waals surface area contributed by atoms with E-state index < -0.39 is 0 Å². The van der Waals surface area contributed by atoms with Gasteiger partial charge in [-0.3, -0.25) is 0 Å². The van der Waals surface area contributed by atoms with Gasteiger partial charge in [0, 0.05) is 11.4 Å². The third-order valence-corrected chi connectivity index (χ3v) is 2.29. The molecule has 0 radical (unpaired) electrons. The van der Waals surface area contributed by atoms with E-state index in [1.54, 1.807) is 7.11 Å². The normalized spacial score (nSPS) is 9.69. The van der Waals surface area contributed by atoms with Gasteiger partial charge in [-0.1, -0.05) is 36.4 Å². The minimum Gasteiger partial charge on any atom is -0.502 e. The molecular weight excluding hydrogens is 184 g/mol. The van der Waals surface area contributed by atoms with E-state index in [0.717, 1.165) is 29.2 Å². The summed E-state index contributed by atoms with van der Waals surface area (Å²) in [5, 5.41) is 0.811. The fraction of sp³-hybridized carbons (Fsp3) is 0.273. The Bertz CT molecular complexity index is 294. The number of allylic oxidation sites excluding steroid dienone is 1. The van der Waals surface area contributed by atoms with Gasteiger partial charge in [0.25, 0.3) is 0 Å². The van der Waals surface area contributed by atoms with Gasteiger partial charge in [0.05, 0.1) is 12.9 Å². The van der Waals surface area contributed by atoms with E-state index in [4.69, 9.17) is 16.3 Å². The average Bonchev–Trinajstić information content (AvgIpc) is 2.16. The summed E-state index contributed by atoms with van der Waals surface area (Å²) in [6.07, 6.45) is 1.70. The van der Waals surface area contributed by atoms with Gasteiger partial charge >= 0.3 is 0 Å². The van der Waals surface area contributed by atoms with Gasteiger partial charge in [0.2, 0.25) is 0 Å².